The minimum atomic E-state index is -4.35. The fraction of sp³-hybridized carbons (Fsp3) is 0.591. The van der Waals surface area contributed by atoms with Crippen molar-refractivity contribution in [3.05, 3.63) is 34.9 Å². The van der Waals surface area contributed by atoms with Crippen molar-refractivity contribution in [2.24, 2.45) is 0 Å². The summed E-state index contributed by atoms with van der Waals surface area (Å²) in [6.45, 7) is 8.19. The van der Waals surface area contributed by atoms with Crippen LogP contribution >= 0.6 is 0 Å². The predicted octanol–water partition coefficient (Wildman–Crippen LogP) is 5.72. The summed E-state index contributed by atoms with van der Waals surface area (Å²) >= 11 is 0. The first-order valence-electron chi connectivity index (χ1n) is 10.2. The Morgan fingerprint density at radius 1 is 1.03 bits per heavy atom. The number of piperidine rings is 1. The van der Waals surface area contributed by atoms with Gasteiger partial charge in [0.2, 0.25) is 0 Å². The molecule has 0 aromatic heterocycles. The van der Waals surface area contributed by atoms with Crippen molar-refractivity contribution in [2.75, 3.05) is 31.1 Å². The maximum atomic E-state index is 13.2. The Morgan fingerprint density at radius 2 is 1.66 bits per heavy atom. The molecule has 0 bridgehead atoms. The van der Waals surface area contributed by atoms with E-state index >= 15 is 0 Å². The molecule has 1 aromatic carbocycles. The summed E-state index contributed by atoms with van der Waals surface area (Å²) in [6.07, 6.45) is 0.719. The smallest absolute Gasteiger partial charge is 0.416 e. The van der Waals surface area contributed by atoms with Crippen LogP contribution in [-0.2, 0) is 10.9 Å². The fourth-order valence-corrected chi connectivity index (χ4v) is 3.74. The SMILES string of the molecule is CC(C)(C)OC(=O)N1CCC(=Cc2ccc(C(F)(F)F)cc2N2CCCC2)CC1. The summed E-state index contributed by atoms with van der Waals surface area (Å²) in [7, 11) is 0. The molecule has 29 heavy (non-hydrogen) atoms. The first-order chi connectivity index (χ1) is 13.5. The molecule has 2 saturated heterocycles. The van der Waals surface area contributed by atoms with Gasteiger partial charge in [-0.05, 0) is 64.2 Å². The number of carbonyl (C=O) groups is 1. The zero-order valence-electron chi connectivity index (χ0n) is 17.3. The molecular weight excluding hydrogens is 381 g/mol. The van der Waals surface area contributed by atoms with Crippen LogP contribution in [0.5, 0.6) is 0 Å². The van der Waals surface area contributed by atoms with E-state index in [0.29, 0.717) is 31.6 Å². The molecule has 7 heteroatoms. The normalized spacial score (nSPS) is 18.2. The van der Waals surface area contributed by atoms with Gasteiger partial charge >= 0.3 is 12.3 Å². The van der Waals surface area contributed by atoms with Gasteiger partial charge in [-0.2, -0.15) is 13.2 Å². The van der Waals surface area contributed by atoms with Crippen LogP contribution in [0, 0.1) is 0 Å². The van der Waals surface area contributed by atoms with Crippen molar-refractivity contribution in [3.8, 4) is 0 Å². The molecular formula is C22H29F3N2O2. The molecule has 0 unspecified atom stereocenters. The zero-order chi connectivity index (χ0) is 21.2. The number of amides is 1. The van der Waals surface area contributed by atoms with E-state index in [1.54, 1.807) is 11.0 Å². The minimum Gasteiger partial charge on any atom is -0.444 e. The highest BCUT2D eigenvalue weighted by Crippen LogP contribution is 2.36. The fourth-order valence-electron chi connectivity index (χ4n) is 3.74. The number of hydrogen-bond acceptors (Lipinski definition) is 3. The van der Waals surface area contributed by atoms with Crippen LogP contribution in [0.15, 0.2) is 23.8 Å². The van der Waals surface area contributed by atoms with E-state index in [0.717, 1.165) is 43.1 Å². The van der Waals surface area contributed by atoms with Gasteiger partial charge in [0.25, 0.3) is 0 Å². The third-order valence-electron chi connectivity index (χ3n) is 5.22. The quantitative estimate of drug-likeness (QED) is 0.625. The molecule has 2 heterocycles. The summed E-state index contributed by atoms with van der Waals surface area (Å²) in [5.74, 6) is 0. The summed E-state index contributed by atoms with van der Waals surface area (Å²) in [4.78, 5) is 15.9. The van der Waals surface area contributed by atoms with Gasteiger partial charge in [0.1, 0.15) is 5.60 Å². The number of rotatable bonds is 2. The molecule has 0 radical (unpaired) electrons. The minimum absolute atomic E-state index is 0.316. The second-order valence-electron chi connectivity index (χ2n) is 8.74. The van der Waals surface area contributed by atoms with Crippen LogP contribution in [0.4, 0.5) is 23.7 Å². The van der Waals surface area contributed by atoms with Crippen LogP contribution in [0.3, 0.4) is 0 Å². The Balaban J connectivity index is 1.76. The molecule has 0 spiro atoms. The summed E-state index contributed by atoms with van der Waals surface area (Å²) in [5.41, 5.74) is 1.48. The molecule has 0 atom stereocenters. The van der Waals surface area contributed by atoms with Crippen LogP contribution in [0.25, 0.3) is 6.08 Å². The van der Waals surface area contributed by atoms with E-state index in [1.807, 2.05) is 31.7 Å². The van der Waals surface area contributed by atoms with Crippen molar-refractivity contribution >= 4 is 17.9 Å². The second kappa shape index (κ2) is 8.28. The number of halogens is 3. The molecule has 160 valence electrons. The van der Waals surface area contributed by atoms with Gasteiger partial charge in [0.15, 0.2) is 0 Å². The van der Waals surface area contributed by atoms with Gasteiger partial charge in [-0.25, -0.2) is 4.79 Å². The highest BCUT2D eigenvalue weighted by Gasteiger charge is 2.32. The number of benzene rings is 1. The van der Waals surface area contributed by atoms with Gasteiger partial charge in [0.05, 0.1) is 5.56 Å². The van der Waals surface area contributed by atoms with E-state index in [-0.39, 0.29) is 6.09 Å². The van der Waals surface area contributed by atoms with Crippen LogP contribution in [-0.4, -0.2) is 42.8 Å². The highest BCUT2D eigenvalue weighted by molar-refractivity contribution is 5.72. The Kier molecular flexibility index (Phi) is 6.15. The topological polar surface area (TPSA) is 32.8 Å². The molecule has 4 nitrogen and oxygen atoms in total. The molecule has 2 aliphatic heterocycles. The lowest BCUT2D eigenvalue weighted by molar-refractivity contribution is -0.137. The number of carbonyl (C=O) groups excluding carboxylic acids is 1. The monoisotopic (exact) mass is 410 g/mol. The van der Waals surface area contributed by atoms with E-state index in [4.69, 9.17) is 4.74 Å². The number of alkyl halides is 3. The highest BCUT2D eigenvalue weighted by atomic mass is 19.4. The first-order valence-corrected chi connectivity index (χ1v) is 10.2. The van der Waals surface area contributed by atoms with E-state index in [9.17, 15) is 18.0 Å². The Bertz CT molecular complexity index is 765. The first kappa shape index (κ1) is 21.5. The molecule has 0 saturated carbocycles. The summed E-state index contributed by atoms with van der Waals surface area (Å²) in [6, 6.07) is 4.00. The van der Waals surface area contributed by atoms with Crippen LogP contribution in [0.2, 0.25) is 0 Å². The molecule has 1 amide bonds. The van der Waals surface area contributed by atoms with Crippen molar-refractivity contribution in [1.29, 1.82) is 0 Å². The van der Waals surface area contributed by atoms with Gasteiger partial charge in [-0.1, -0.05) is 17.7 Å². The Morgan fingerprint density at radius 3 is 2.21 bits per heavy atom. The van der Waals surface area contributed by atoms with E-state index in [2.05, 4.69) is 0 Å². The van der Waals surface area contributed by atoms with Crippen molar-refractivity contribution in [3.63, 3.8) is 0 Å². The third kappa shape index (κ3) is 5.67. The second-order valence-corrected chi connectivity index (χ2v) is 8.74. The summed E-state index contributed by atoms with van der Waals surface area (Å²) in [5, 5.41) is 0. The molecule has 0 aliphatic carbocycles. The third-order valence-corrected chi connectivity index (χ3v) is 5.22. The number of hydrogen-bond donors (Lipinski definition) is 0. The van der Waals surface area contributed by atoms with Crippen molar-refractivity contribution in [1.82, 2.24) is 4.90 Å². The maximum absolute atomic E-state index is 13.2. The van der Waals surface area contributed by atoms with Gasteiger partial charge < -0.3 is 14.5 Å². The van der Waals surface area contributed by atoms with Crippen molar-refractivity contribution < 1.29 is 22.7 Å². The van der Waals surface area contributed by atoms with E-state index in [1.165, 1.54) is 6.07 Å². The molecule has 2 fully saturated rings. The lowest BCUT2D eigenvalue weighted by Gasteiger charge is -2.31. The number of ether oxygens (including phenoxy) is 1. The maximum Gasteiger partial charge on any atom is 0.416 e. The van der Waals surface area contributed by atoms with Crippen LogP contribution < -0.4 is 4.90 Å². The molecule has 3 rings (SSSR count). The zero-order valence-corrected chi connectivity index (χ0v) is 17.3. The molecule has 1 aromatic rings. The van der Waals surface area contributed by atoms with E-state index < -0.39 is 17.3 Å². The average Bonchev–Trinajstić information content (AvgIpc) is 3.14. The Labute approximate surface area is 170 Å². The number of nitrogens with zero attached hydrogens (tertiary/aromatic N) is 2. The average molecular weight is 410 g/mol. The van der Waals surface area contributed by atoms with Gasteiger partial charge in [-0.15, -0.1) is 0 Å². The van der Waals surface area contributed by atoms with Crippen LogP contribution in [0.1, 0.15) is 57.6 Å². The standard InChI is InChI=1S/C22H29F3N2O2/c1-21(2,3)29-20(28)27-12-8-16(9-13-27)14-17-6-7-18(22(23,24)25)15-19(17)26-10-4-5-11-26/h6-7,14-15H,4-5,8-13H2,1-3H3. The lowest BCUT2D eigenvalue weighted by atomic mass is 9.99. The lowest BCUT2D eigenvalue weighted by Crippen LogP contribution is -2.40. The Hall–Kier alpha value is -2.18. The van der Waals surface area contributed by atoms with Gasteiger partial charge in [-0.3, -0.25) is 0 Å². The predicted molar refractivity (Wildman–Crippen MR) is 108 cm³/mol. The number of likely N-dealkylation sites (tertiary alicyclic amines) is 1. The van der Waals surface area contributed by atoms with Gasteiger partial charge in [0, 0.05) is 31.9 Å². The largest absolute Gasteiger partial charge is 0.444 e. The summed E-state index contributed by atoms with van der Waals surface area (Å²) < 4.78 is 45.0. The number of anilines is 1. The van der Waals surface area contributed by atoms with Crippen molar-refractivity contribution in [2.45, 2.75) is 58.2 Å². The molecule has 2 aliphatic rings. The molecule has 0 N–H and O–H groups in total.